The molecule has 2 aromatic carbocycles. The molecule has 0 aliphatic heterocycles. The van der Waals surface area contributed by atoms with Crippen molar-refractivity contribution in [3.8, 4) is 11.5 Å². The molecule has 3 nitrogen and oxygen atoms in total. The highest BCUT2D eigenvalue weighted by Crippen LogP contribution is 2.22. The number of ether oxygens (including phenoxy) is 1. The molecule has 3 N–H and O–H groups in total. The van der Waals surface area contributed by atoms with Crippen LogP contribution in [0.3, 0.4) is 0 Å². The van der Waals surface area contributed by atoms with Crippen LogP contribution in [-0.2, 0) is 6.42 Å². The highest BCUT2D eigenvalue weighted by Gasteiger charge is 2.00. The smallest absolute Gasteiger partial charge is 0.127 e. The lowest BCUT2D eigenvalue weighted by atomic mass is 10.1. The summed E-state index contributed by atoms with van der Waals surface area (Å²) in [5, 5.41) is 7.33. The van der Waals surface area contributed by atoms with Crippen molar-refractivity contribution in [3.05, 3.63) is 59.7 Å². The van der Waals surface area contributed by atoms with Crippen LogP contribution < -0.4 is 10.5 Å². The maximum atomic E-state index is 7.33. The lowest BCUT2D eigenvalue weighted by Gasteiger charge is -2.07. The van der Waals surface area contributed by atoms with Gasteiger partial charge in [-0.2, -0.15) is 0 Å². The van der Waals surface area contributed by atoms with Gasteiger partial charge in [0.25, 0.3) is 0 Å². The van der Waals surface area contributed by atoms with Gasteiger partial charge in [0, 0.05) is 5.56 Å². The SMILES string of the molecule is CCCc1ccc(Oc2ccc(C(=N)N)cc2)cc1. The Hall–Kier alpha value is -2.29. The molecule has 0 heterocycles. The first-order chi connectivity index (χ1) is 9.19. The molecular weight excluding hydrogens is 236 g/mol. The van der Waals surface area contributed by atoms with Gasteiger partial charge in [0.1, 0.15) is 17.3 Å². The molecule has 0 atom stereocenters. The Morgan fingerprint density at radius 3 is 2.00 bits per heavy atom. The van der Waals surface area contributed by atoms with Crippen LogP contribution in [0.15, 0.2) is 48.5 Å². The summed E-state index contributed by atoms with van der Waals surface area (Å²) in [5.41, 5.74) is 7.42. The Balaban J connectivity index is 2.06. The standard InChI is InChI=1S/C16H18N2O/c1-2-3-12-4-8-14(9-5-12)19-15-10-6-13(7-11-15)16(17)18/h4-11H,2-3H2,1H3,(H3,17,18). The lowest BCUT2D eigenvalue weighted by molar-refractivity contribution is 0.482. The fourth-order valence-corrected chi connectivity index (χ4v) is 1.85. The number of nitrogen functional groups attached to an aromatic ring is 1. The van der Waals surface area contributed by atoms with E-state index < -0.39 is 0 Å². The number of amidine groups is 1. The second-order valence-corrected chi connectivity index (χ2v) is 4.43. The third-order valence-corrected chi connectivity index (χ3v) is 2.86. The zero-order valence-electron chi connectivity index (χ0n) is 11.0. The third kappa shape index (κ3) is 3.58. The Kier molecular flexibility index (Phi) is 4.18. The van der Waals surface area contributed by atoms with Crippen LogP contribution in [0, 0.1) is 5.41 Å². The van der Waals surface area contributed by atoms with E-state index in [1.807, 2.05) is 24.3 Å². The number of benzene rings is 2. The number of hydrogen-bond donors (Lipinski definition) is 2. The summed E-state index contributed by atoms with van der Waals surface area (Å²) in [4.78, 5) is 0. The highest BCUT2D eigenvalue weighted by molar-refractivity contribution is 5.94. The fourth-order valence-electron chi connectivity index (χ4n) is 1.85. The molecule has 19 heavy (non-hydrogen) atoms. The molecule has 0 aromatic heterocycles. The van der Waals surface area contributed by atoms with Gasteiger partial charge in [0.2, 0.25) is 0 Å². The molecule has 0 spiro atoms. The third-order valence-electron chi connectivity index (χ3n) is 2.86. The van der Waals surface area contributed by atoms with Gasteiger partial charge in [-0.3, -0.25) is 5.41 Å². The van der Waals surface area contributed by atoms with E-state index in [0.717, 1.165) is 24.3 Å². The topological polar surface area (TPSA) is 59.1 Å². The van der Waals surface area contributed by atoms with Crippen molar-refractivity contribution in [3.63, 3.8) is 0 Å². The summed E-state index contributed by atoms with van der Waals surface area (Å²) in [6, 6.07) is 15.3. The van der Waals surface area contributed by atoms with Crippen molar-refractivity contribution in [2.45, 2.75) is 19.8 Å². The van der Waals surface area contributed by atoms with Gasteiger partial charge in [-0.05, 0) is 48.4 Å². The van der Waals surface area contributed by atoms with Gasteiger partial charge in [0.15, 0.2) is 0 Å². The zero-order valence-corrected chi connectivity index (χ0v) is 11.0. The van der Waals surface area contributed by atoms with Crippen LogP contribution in [0.25, 0.3) is 0 Å². The second kappa shape index (κ2) is 6.05. The van der Waals surface area contributed by atoms with Gasteiger partial charge in [-0.15, -0.1) is 0 Å². The molecule has 2 rings (SSSR count). The Labute approximate surface area is 113 Å². The monoisotopic (exact) mass is 254 g/mol. The van der Waals surface area contributed by atoms with Gasteiger partial charge in [-0.1, -0.05) is 25.5 Å². The van der Waals surface area contributed by atoms with Crippen molar-refractivity contribution in [1.82, 2.24) is 0 Å². The van der Waals surface area contributed by atoms with Crippen molar-refractivity contribution >= 4 is 5.84 Å². The normalized spacial score (nSPS) is 10.2. The molecule has 0 saturated heterocycles. The summed E-state index contributed by atoms with van der Waals surface area (Å²) < 4.78 is 5.73. The van der Waals surface area contributed by atoms with Crippen LogP contribution in [-0.4, -0.2) is 5.84 Å². The largest absolute Gasteiger partial charge is 0.457 e. The van der Waals surface area contributed by atoms with E-state index in [0.29, 0.717) is 5.56 Å². The van der Waals surface area contributed by atoms with Crippen LogP contribution in [0.2, 0.25) is 0 Å². The van der Waals surface area contributed by atoms with Crippen LogP contribution in [0.1, 0.15) is 24.5 Å². The molecule has 0 saturated carbocycles. The average Bonchev–Trinajstić information content (AvgIpc) is 2.42. The summed E-state index contributed by atoms with van der Waals surface area (Å²) in [7, 11) is 0. The molecule has 0 aliphatic rings. The van der Waals surface area contributed by atoms with E-state index in [1.165, 1.54) is 5.56 Å². The van der Waals surface area contributed by atoms with Crippen LogP contribution >= 0.6 is 0 Å². The minimum atomic E-state index is 0.0652. The van der Waals surface area contributed by atoms with Gasteiger partial charge in [0.05, 0.1) is 0 Å². The molecule has 98 valence electrons. The molecule has 2 aromatic rings. The summed E-state index contributed by atoms with van der Waals surface area (Å²) in [6.07, 6.45) is 2.24. The first-order valence-electron chi connectivity index (χ1n) is 6.40. The molecule has 0 unspecified atom stereocenters. The number of aryl methyl sites for hydroxylation is 1. The van der Waals surface area contributed by atoms with Gasteiger partial charge >= 0.3 is 0 Å². The maximum Gasteiger partial charge on any atom is 0.127 e. The van der Waals surface area contributed by atoms with Crippen molar-refractivity contribution in [2.75, 3.05) is 0 Å². The molecule has 3 heteroatoms. The van der Waals surface area contributed by atoms with Crippen molar-refractivity contribution < 1.29 is 4.74 Å². The molecule has 0 amide bonds. The predicted molar refractivity (Wildman–Crippen MR) is 78.0 cm³/mol. The maximum absolute atomic E-state index is 7.33. The number of hydrogen-bond acceptors (Lipinski definition) is 2. The van der Waals surface area contributed by atoms with Crippen molar-refractivity contribution in [2.24, 2.45) is 5.73 Å². The molecular formula is C16H18N2O. The fraction of sp³-hybridized carbons (Fsp3) is 0.188. The first-order valence-corrected chi connectivity index (χ1v) is 6.40. The number of rotatable bonds is 5. The predicted octanol–water partition coefficient (Wildman–Crippen LogP) is 3.72. The summed E-state index contributed by atoms with van der Waals surface area (Å²) >= 11 is 0. The lowest BCUT2D eigenvalue weighted by Crippen LogP contribution is -2.10. The van der Waals surface area contributed by atoms with E-state index in [4.69, 9.17) is 15.9 Å². The number of nitrogens with two attached hydrogens (primary N) is 1. The summed E-state index contributed by atoms with van der Waals surface area (Å²) in [6.45, 7) is 2.17. The molecule has 0 fully saturated rings. The van der Waals surface area contributed by atoms with E-state index in [-0.39, 0.29) is 5.84 Å². The average molecular weight is 254 g/mol. The second-order valence-electron chi connectivity index (χ2n) is 4.43. The first kappa shape index (κ1) is 13.1. The molecule has 0 bridgehead atoms. The van der Waals surface area contributed by atoms with Crippen LogP contribution in [0.4, 0.5) is 0 Å². The quantitative estimate of drug-likeness (QED) is 0.631. The van der Waals surface area contributed by atoms with E-state index in [2.05, 4.69) is 19.1 Å². The van der Waals surface area contributed by atoms with E-state index >= 15 is 0 Å². The highest BCUT2D eigenvalue weighted by atomic mass is 16.5. The minimum absolute atomic E-state index is 0.0652. The Morgan fingerprint density at radius 2 is 1.53 bits per heavy atom. The van der Waals surface area contributed by atoms with Gasteiger partial charge < -0.3 is 10.5 Å². The molecule has 0 aliphatic carbocycles. The van der Waals surface area contributed by atoms with Gasteiger partial charge in [-0.25, -0.2) is 0 Å². The minimum Gasteiger partial charge on any atom is -0.457 e. The van der Waals surface area contributed by atoms with E-state index in [9.17, 15) is 0 Å². The Bertz CT molecular complexity index is 544. The Morgan fingerprint density at radius 1 is 1.00 bits per heavy atom. The van der Waals surface area contributed by atoms with Crippen molar-refractivity contribution in [1.29, 1.82) is 5.41 Å². The zero-order chi connectivity index (χ0) is 13.7. The number of nitrogens with one attached hydrogen (secondary N) is 1. The van der Waals surface area contributed by atoms with Crippen LogP contribution in [0.5, 0.6) is 11.5 Å². The van der Waals surface area contributed by atoms with E-state index in [1.54, 1.807) is 12.1 Å². The molecule has 0 radical (unpaired) electrons. The summed E-state index contributed by atoms with van der Waals surface area (Å²) in [5.74, 6) is 1.62.